The van der Waals surface area contributed by atoms with Gasteiger partial charge in [-0.1, -0.05) is 30.3 Å². The molecule has 122 valence electrons. The molecular formula is C17H15N3O4. The predicted octanol–water partition coefficient (Wildman–Crippen LogP) is 1.09. The first kappa shape index (κ1) is 15.7. The summed E-state index contributed by atoms with van der Waals surface area (Å²) in [7, 11) is 0. The minimum absolute atomic E-state index is 0.00236. The summed E-state index contributed by atoms with van der Waals surface area (Å²) in [4.78, 5) is 41.3. The third kappa shape index (κ3) is 2.96. The average molecular weight is 325 g/mol. The summed E-state index contributed by atoms with van der Waals surface area (Å²) in [5, 5.41) is 11.7. The van der Waals surface area contributed by atoms with Crippen LogP contribution in [0.3, 0.4) is 0 Å². The molecule has 0 bridgehead atoms. The van der Waals surface area contributed by atoms with Gasteiger partial charge in [0.2, 0.25) is 5.91 Å². The Balaban J connectivity index is 1.91. The van der Waals surface area contributed by atoms with Crippen molar-refractivity contribution in [1.29, 1.82) is 0 Å². The van der Waals surface area contributed by atoms with E-state index in [0.717, 1.165) is 6.20 Å². The Morgan fingerprint density at radius 3 is 2.54 bits per heavy atom. The van der Waals surface area contributed by atoms with Crippen LogP contribution < -0.4 is 5.32 Å². The molecule has 1 aliphatic heterocycles. The zero-order valence-corrected chi connectivity index (χ0v) is 12.7. The van der Waals surface area contributed by atoms with E-state index in [9.17, 15) is 14.4 Å². The summed E-state index contributed by atoms with van der Waals surface area (Å²) < 4.78 is 0. The Bertz CT molecular complexity index is 774. The van der Waals surface area contributed by atoms with Crippen molar-refractivity contribution < 1.29 is 19.5 Å². The van der Waals surface area contributed by atoms with Crippen LogP contribution in [0.2, 0.25) is 0 Å². The molecule has 1 aromatic heterocycles. The van der Waals surface area contributed by atoms with Gasteiger partial charge in [0.1, 0.15) is 11.7 Å². The van der Waals surface area contributed by atoms with Crippen molar-refractivity contribution in [3.63, 3.8) is 0 Å². The molecule has 0 aliphatic carbocycles. The topological polar surface area (TPSA) is 99.6 Å². The Labute approximate surface area is 137 Å². The molecule has 24 heavy (non-hydrogen) atoms. The highest BCUT2D eigenvalue weighted by molar-refractivity contribution is 5.97. The number of piperazine rings is 1. The maximum Gasteiger partial charge on any atom is 0.337 e. The maximum atomic E-state index is 12.7. The number of carbonyl (C=O) groups excluding carboxylic acids is 2. The summed E-state index contributed by atoms with van der Waals surface area (Å²) in [6.07, 6.45) is 1.14. The third-order valence-corrected chi connectivity index (χ3v) is 3.82. The van der Waals surface area contributed by atoms with E-state index >= 15 is 0 Å². The SMILES string of the molecule is O=C(O)c1ccc(C(=O)N2CCNC(=O)C2c2ccccc2)nc1. The van der Waals surface area contributed by atoms with Crippen LogP contribution in [-0.2, 0) is 4.79 Å². The molecule has 2 N–H and O–H groups in total. The molecule has 1 unspecified atom stereocenters. The lowest BCUT2D eigenvalue weighted by Crippen LogP contribution is -2.52. The van der Waals surface area contributed by atoms with E-state index in [-0.39, 0.29) is 17.2 Å². The van der Waals surface area contributed by atoms with Crippen LogP contribution in [0.5, 0.6) is 0 Å². The molecule has 7 heteroatoms. The van der Waals surface area contributed by atoms with E-state index in [2.05, 4.69) is 10.3 Å². The standard InChI is InChI=1S/C17H15N3O4/c21-15-14(11-4-2-1-3-5-11)20(9-8-18-15)16(22)13-7-6-12(10-19-13)17(23)24/h1-7,10,14H,8-9H2,(H,18,21)(H,23,24). The molecule has 1 atom stereocenters. The fourth-order valence-electron chi connectivity index (χ4n) is 2.65. The largest absolute Gasteiger partial charge is 0.478 e. The number of rotatable bonds is 3. The normalized spacial score (nSPS) is 17.2. The number of hydrogen-bond acceptors (Lipinski definition) is 4. The van der Waals surface area contributed by atoms with Crippen molar-refractivity contribution in [2.24, 2.45) is 0 Å². The van der Waals surface area contributed by atoms with E-state index in [4.69, 9.17) is 5.11 Å². The molecule has 0 saturated carbocycles. The Morgan fingerprint density at radius 2 is 1.92 bits per heavy atom. The number of aromatic nitrogens is 1. The van der Waals surface area contributed by atoms with Gasteiger partial charge in [0.05, 0.1) is 5.56 Å². The first-order chi connectivity index (χ1) is 11.6. The molecule has 2 heterocycles. The van der Waals surface area contributed by atoms with Gasteiger partial charge in [0, 0.05) is 19.3 Å². The lowest BCUT2D eigenvalue weighted by molar-refractivity contribution is -0.128. The summed E-state index contributed by atoms with van der Waals surface area (Å²) in [5.74, 6) is -1.76. The molecular weight excluding hydrogens is 310 g/mol. The zero-order chi connectivity index (χ0) is 17.1. The number of amides is 2. The summed E-state index contributed by atoms with van der Waals surface area (Å²) in [6.45, 7) is 0.716. The number of nitrogens with one attached hydrogen (secondary N) is 1. The third-order valence-electron chi connectivity index (χ3n) is 3.82. The van der Waals surface area contributed by atoms with Crippen LogP contribution in [0.4, 0.5) is 0 Å². The highest BCUT2D eigenvalue weighted by atomic mass is 16.4. The van der Waals surface area contributed by atoms with Gasteiger partial charge in [-0.2, -0.15) is 0 Å². The molecule has 7 nitrogen and oxygen atoms in total. The lowest BCUT2D eigenvalue weighted by atomic mass is 10.0. The Hall–Kier alpha value is -3.22. The van der Waals surface area contributed by atoms with Crippen LogP contribution >= 0.6 is 0 Å². The minimum atomic E-state index is -1.11. The first-order valence-corrected chi connectivity index (χ1v) is 7.41. The van der Waals surface area contributed by atoms with Gasteiger partial charge in [-0.15, -0.1) is 0 Å². The van der Waals surface area contributed by atoms with Gasteiger partial charge >= 0.3 is 5.97 Å². The molecule has 2 amide bonds. The van der Waals surface area contributed by atoms with Crippen LogP contribution in [0.15, 0.2) is 48.7 Å². The molecule has 3 rings (SSSR count). The maximum absolute atomic E-state index is 12.7. The smallest absolute Gasteiger partial charge is 0.337 e. The molecule has 0 spiro atoms. The van der Waals surface area contributed by atoms with Crippen molar-refractivity contribution in [3.8, 4) is 0 Å². The van der Waals surface area contributed by atoms with Crippen LogP contribution in [0.1, 0.15) is 32.5 Å². The van der Waals surface area contributed by atoms with Crippen molar-refractivity contribution in [1.82, 2.24) is 15.2 Å². The van der Waals surface area contributed by atoms with Crippen LogP contribution in [-0.4, -0.2) is 45.9 Å². The summed E-state index contributed by atoms with van der Waals surface area (Å²) in [5.41, 5.74) is 0.823. The van der Waals surface area contributed by atoms with Crippen LogP contribution in [0.25, 0.3) is 0 Å². The van der Waals surface area contributed by atoms with E-state index in [1.165, 1.54) is 17.0 Å². The Kier molecular flexibility index (Phi) is 4.24. The number of benzene rings is 1. The van der Waals surface area contributed by atoms with Gasteiger partial charge in [0.25, 0.3) is 5.91 Å². The number of carbonyl (C=O) groups is 3. The number of pyridine rings is 1. The predicted molar refractivity (Wildman–Crippen MR) is 84.4 cm³/mol. The van der Waals surface area contributed by atoms with Gasteiger partial charge in [0.15, 0.2) is 0 Å². The van der Waals surface area contributed by atoms with E-state index in [1.54, 1.807) is 24.3 Å². The molecule has 0 radical (unpaired) electrons. The van der Waals surface area contributed by atoms with Crippen molar-refractivity contribution in [2.45, 2.75) is 6.04 Å². The number of carboxylic acid groups (broad SMARTS) is 1. The second-order valence-corrected chi connectivity index (χ2v) is 5.34. The van der Waals surface area contributed by atoms with Gasteiger partial charge in [-0.05, 0) is 17.7 Å². The first-order valence-electron chi connectivity index (χ1n) is 7.41. The van der Waals surface area contributed by atoms with Gasteiger partial charge in [-0.3, -0.25) is 14.6 Å². The monoisotopic (exact) mass is 325 g/mol. The summed E-state index contributed by atoms with van der Waals surface area (Å²) in [6, 6.07) is 11.0. The number of nitrogens with zero attached hydrogens (tertiary/aromatic N) is 2. The molecule has 1 aliphatic rings. The van der Waals surface area contributed by atoms with E-state index in [1.807, 2.05) is 6.07 Å². The highest BCUT2D eigenvalue weighted by Crippen LogP contribution is 2.24. The highest BCUT2D eigenvalue weighted by Gasteiger charge is 2.35. The lowest BCUT2D eigenvalue weighted by Gasteiger charge is -2.35. The molecule has 2 aromatic rings. The number of carboxylic acids is 1. The molecule has 1 aromatic carbocycles. The number of hydrogen-bond donors (Lipinski definition) is 2. The van der Waals surface area contributed by atoms with Crippen LogP contribution in [0, 0.1) is 0 Å². The fraction of sp³-hybridized carbons (Fsp3) is 0.176. The summed E-state index contributed by atoms with van der Waals surface area (Å²) >= 11 is 0. The second kappa shape index (κ2) is 6.49. The van der Waals surface area contributed by atoms with E-state index in [0.29, 0.717) is 18.7 Å². The van der Waals surface area contributed by atoms with Crippen molar-refractivity contribution >= 4 is 17.8 Å². The van der Waals surface area contributed by atoms with Gasteiger partial charge in [-0.25, -0.2) is 4.79 Å². The second-order valence-electron chi connectivity index (χ2n) is 5.34. The fourth-order valence-corrected chi connectivity index (χ4v) is 2.65. The number of aromatic carboxylic acids is 1. The van der Waals surface area contributed by atoms with E-state index < -0.39 is 17.9 Å². The zero-order valence-electron chi connectivity index (χ0n) is 12.7. The molecule has 1 fully saturated rings. The van der Waals surface area contributed by atoms with Gasteiger partial charge < -0.3 is 15.3 Å². The quantitative estimate of drug-likeness (QED) is 0.880. The van der Waals surface area contributed by atoms with Crippen molar-refractivity contribution in [2.75, 3.05) is 13.1 Å². The van der Waals surface area contributed by atoms with Crippen molar-refractivity contribution in [3.05, 3.63) is 65.5 Å². The molecule has 1 saturated heterocycles. The minimum Gasteiger partial charge on any atom is -0.478 e. The average Bonchev–Trinajstić information content (AvgIpc) is 2.61. The Morgan fingerprint density at radius 1 is 1.17 bits per heavy atom.